The van der Waals surface area contributed by atoms with Gasteiger partial charge < -0.3 is 24.3 Å². The number of aromatic nitrogens is 3. The second-order valence-corrected chi connectivity index (χ2v) is 7.92. The van der Waals surface area contributed by atoms with Gasteiger partial charge in [0, 0.05) is 63.5 Å². The molecule has 1 aliphatic heterocycles. The van der Waals surface area contributed by atoms with Gasteiger partial charge in [0.1, 0.15) is 11.6 Å². The van der Waals surface area contributed by atoms with Gasteiger partial charge in [-0.3, -0.25) is 9.78 Å². The van der Waals surface area contributed by atoms with Crippen molar-refractivity contribution in [3.05, 3.63) is 24.2 Å². The highest BCUT2D eigenvalue weighted by molar-refractivity contribution is 5.84. The van der Waals surface area contributed by atoms with E-state index >= 15 is 0 Å². The van der Waals surface area contributed by atoms with Crippen molar-refractivity contribution in [2.75, 3.05) is 33.4 Å². The highest BCUT2D eigenvalue weighted by Gasteiger charge is 2.40. The van der Waals surface area contributed by atoms with Crippen molar-refractivity contribution in [2.24, 2.45) is 0 Å². The minimum atomic E-state index is -0.403. The maximum absolute atomic E-state index is 13.3. The molecular weight excluding hydrogens is 370 g/mol. The zero-order valence-electron chi connectivity index (χ0n) is 17.3. The van der Waals surface area contributed by atoms with Crippen LogP contribution in [0.15, 0.2) is 18.6 Å². The van der Waals surface area contributed by atoms with Crippen LogP contribution in [0.3, 0.4) is 0 Å². The first kappa shape index (κ1) is 20.3. The van der Waals surface area contributed by atoms with Crippen LogP contribution in [-0.2, 0) is 20.8 Å². The van der Waals surface area contributed by atoms with Crippen LogP contribution in [0.1, 0.15) is 44.2 Å². The minimum absolute atomic E-state index is 0.0695. The molecule has 1 saturated heterocycles. The van der Waals surface area contributed by atoms with Gasteiger partial charge in [-0.25, -0.2) is 4.98 Å². The summed E-state index contributed by atoms with van der Waals surface area (Å²) in [6, 6.07) is 0.222. The summed E-state index contributed by atoms with van der Waals surface area (Å²) >= 11 is 0. The number of morpholine rings is 1. The Hall–Kier alpha value is -2.03. The summed E-state index contributed by atoms with van der Waals surface area (Å²) in [5.41, 5.74) is 2.82. The Balaban J connectivity index is 1.59. The van der Waals surface area contributed by atoms with E-state index in [-0.39, 0.29) is 11.9 Å². The van der Waals surface area contributed by atoms with E-state index in [2.05, 4.69) is 33.0 Å². The summed E-state index contributed by atoms with van der Waals surface area (Å²) in [6.45, 7) is 5.68. The molecule has 2 fully saturated rings. The molecule has 2 aromatic heterocycles. The van der Waals surface area contributed by atoms with E-state index in [9.17, 15) is 4.79 Å². The van der Waals surface area contributed by atoms with Gasteiger partial charge in [0.25, 0.3) is 5.91 Å². The fourth-order valence-corrected chi connectivity index (χ4v) is 4.12. The van der Waals surface area contributed by atoms with Gasteiger partial charge in [0.15, 0.2) is 5.65 Å². The first-order valence-corrected chi connectivity index (χ1v) is 10.6. The van der Waals surface area contributed by atoms with E-state index in [1.54, 1.807) is 19.5 Å². The van der Waals surface area contributed by atoms with Crippen molar-refractivity contribution in [3.8, 4) is 0 Å². The monoisotopic (exact) mass is 401 g/mol. The smallest absolute Gasteiger partial charge is 0.253 e. The lowest BCUT2D eigenvalue weighted by atomic mass is 10.1. The Labute approximate surface area is 171 Å². The predicted octanol–water partition coefficient (Wildman–Crippen LogP) is 1.90. The molecule has 1 amide bonds. The molecule has 158 valence electrons. The van der Waals surface area contributed by atoms with Gasteiger partial charge in [-0.05, 0) is 32.6 Å². The van der Waals surface area contributed by atoms with Gasteiger partial charge in [-0.2, -0.15) is 0 Å². The Morgan fingerprint density at radius 3 is 2.93 bits per heavy atom. The Morgan fingerprint density at radius 1 is 1.38 bits per heavy atom. The molecule has 1 saturated carbocycles. The maximum atomic E-state index is 13.3. The van der Waals surface area contributed by atoms with E-state index in [1.165, 1.54) is 0 Å². The van der Waals surface area contributed by atoms with Crippen LogP contribution < -0.4 is 5.32 Å². The van der Waals surface area contributed by atoms with E-state index in [0.717, 1.165) is 62.1 Å². The number of methoxy groups -OCH3 is 1. The van der Waals surface area contributed by atoms with Crippen LogP contribution in [0.5, 0.6) is 0 Å². The molecule has 0 bridgehead atoms. The lowest BCUT2D eigenvalue weighted by Gasteiger charge is -2.34. The molecule has 0 radical (unpaired) electrons. The second-order valence-electron chi connectivity index (χ2n) is 7.92. The third-order valence-corrected chi connectivity index (χ3v) is 5.78. The predicted molar refractivity (Wildman–Crippen MR) is 110 cm³/mol. The molecule has 2 aromatic rings. The first-order chi connectivity index (χ1) is 14.2. The van der Waals surface area contributed by atoms with Gasteiger partial charge in [0.2, 0.25) is 0 Å². The van der Waals surface area contributed by atoms with Crippen LogP contribution >= 0.6 is 0 Å². The molecule has 29 heavy (non-hydrogen) atoms. The molecule has 4 rings (SSSR count). The number of nitrogens with one attached hydrogen (secondary N) is 1. The summed E-state index contributed by atoms with van der Waals surface area (Å²) in [7, 11) is 1.73. The summed E-state index contributed by atoms with van der Waals surface area (Å²) in [5.74, 6) is 0.0806. The molecule has 0 unspecified atom stereocenters. The largest absolute Gasteiger partial charge is 0.385 e. The summed E-state index contributed by atoms with van der Waals surface area (Å²) in [5, 5.41) is 3.27. The van der Waals surface area contributed by atoms with Crippen LogP contribution in [0.2, 0.25) is 0 Å². The first-order valence-electron chi connectivity index (χ1n) is 10.6. The highest BCUT2D eigenvalue weighted by Crippen LogP contribution is 2.37. The van der Waals surface area contributed by atoms with Gasteiger partial charge >= 0.3 is 0 Å². The van der Waals surface area contributed by atoms with Crippen LogP contribution in [0, 0.1) is 0 Å². The number of nitrogens with zero attached hydrogens (tertiary/aromatic N) is 4. The average molecular weight is 402 g/mol. The zero-order chi connectivity index (χ0) is 20.2. The number of hydrogen-bond donors (Lipinski definition) is 1. The third kappa shape index (κ3) is 4.44. The molecule has 1 N–H and O–H groups in total. The molecule has 1 aliphatic carbocycles. The van der Waals surface area contributed by atoms with E-state index < -0.39 is 6.10 Å². The SMILES string of the molecule is COCCCCn1cc([C@@H](C)N(C(=O)[C@H]2CNCCO2)C2CC2)c2nccnc21. The van der Waals surface area contributed by atoms with Gasteiger partial charge in [-0.15, -0.1) is 0 Å². The topological polar surface area (TPSA) is 81.5 Å². The number of carbonyl (C=O) groups excluding carboxylic acids is 1. The fraction of sp³-hybridized carbons (Fsp3) is 0.667. The molecule has 3 heterocycles. The average Bonchev–Trinajstić information content (AvgIpc) is 3.52. The van der Waals surface area contributed by atoms with Crippen molar-refractivity contribution in [1.29, 1.82) is 0 Å². The van der Waals surface area contributed by atoms with Crippen LogP contribution in [-0.4, -0.2) is 70.9 Å². The minimum Gasteiger partial charge on any atom is -0.385 e. The number of aryl methyl sites for hydroxylation is 1. The lowest BCUT2D eigenvalue weighted by molar-refractivity contribution is -0.148. The molecule has 0 aromatic carbocycles. The number of carbonyl (C=O) groups is 1. The van der Waals surface area contributed by atoms with E-state index in [4.69, 9.17) is 9.47 Å². The summed E-state index contributed by atoms with van der Waals surface area (Å²) in [6.07, 6.45) is 9.30. The fourth-order valence-electron chi connectivity index (χ4n) is 4.12. The lowest BCUT2D eigenvalue weighted by Crippen LogP contribution is -2.50. The van der Waals surface area contributed by atoms with Gasteiger partial charge in [-0.1, -0.05) is 0 Å². The number of amides is 1. The van der Waals surface area contributed by atoms with Crippen molar-refractivity contribution >= 4 is 17.1 Å². The van der Waals surface area contributed by atoms with E-state index in [0.29, 0.717) is 19.2 Å². The summed E-state index contributed by atoms with van der Waals surface area (Å²) < 4.78 is 13.1. The summed E-state index contributed by atoms with van der Waals surface area (Å²) in [4.78, 5) is 24.5. The maximum Gasteiger partial charge on any atom is 0.253 e. The molecule has 2 atom stereocenters. The Bertz CT molecular complexity index is 829. The molecule has 8 heteroatoms. The van der Waals surface area contributed by atoms with Crippen molar-refractivity contribution in [2.45, 2.75) is 57.3 Å². The molecular formula is C21H31N5O3. The standard InChI is InChI=1S/C21H31N5O3/c1-15(26(16-5-6-16)21(27)18-13-22-9-12-29-18)17-14-25(10-3-4-11-28-2)20-19(17)23-7-8-24-20/h7-8,14-16,18,22H,3-6,9-13H2,1-2H3/t15-,18-/m1/s1. The highest BCUT2D eigenvalue weighted by atomic mass is 16.5. The Morgan fingerprint density at radius 2 is 2.21 bits per heavy atom. The number of hydrogen-bond acceptors (Lipinski definition) is 6. The third-order valence-electron chi connectivity index (χ3n) is 5.78. The zero-order valence-corrected chi connectivity index (χ0v) is 17.3. The van der Waals surface area contributed by atoms with E-state index in [1.807, 2.05) is 4.90 Å². The van der Waals surface area contributed by atoms with Crippen LogP contribution in [0.4, 0.5) is 0 Å². The Kier molecular flexibility index (Phi) is 6.42. The molecule has 2 aliphatic rings. The number of ether oxygens (including phenoxy) is 2. The van der Waals surface area contributed by atoms with Crippen LogP contribution in [0.25, 0.3) is 11.2 Å². The number of unbranched alkanes of at least 4 members (excludes halogenated alkanes) is 1. The number of fused-ring (bicyclic) bond motifs is 1. The quantitative estimate of drug-likeness (QED) is 0.647. The van der Waals surface area contributed by atoms with Crippen molar-refractivity contribution in [1.82, 2.24) is 24.8 Å². The van der Waals surface area contributed by atoms with Gasteiger partial charge in [0.05, 0.1) is 12.6 Å². The normalized spacial score (nSPS) is 20.7. The second kappa shape index (κ2) is 9.19. The molecule has 8 nitrogen and oxygen atoms in total. The van der Waals surface area contributed by atoms with Crippen molar-refractivity contribution in [3.63, 3.8) is 0 Å². The van der Waals surface area contributed by atoms with Crippen molar-refractivity contribution < 1.29 is 14.3 Å². The molecule has 0 spiro atoms. The number of rotatable bonds is 9.